The number of hydrogen-bond donors (Lipinski definition) is 1. The SMILES string of the molecule is COc1cc(C(C)=O)cc(-c2cc(C(C)=O)cc(OC)c2OC(C)=O)c1O. The van der Waals surface area contributed by atoms with E-state index < -0.39 is 5.97 Å². The average molecular weight is 372 g/mol. The second-order valence-electron chi connectivity index (χ2n) is 5.84. The monoisotopic (exact) mass is 372 g/mol. The molecular weight excluding hydrogens is 352 g/mol. The van der Waals surface area contributed by atoms with Gasteiger partial charge in [0.25, 0.3) is 0 Å². The van der Waals surface area contributed by atoms with E-state index in [4.69, 9.17) is 14.2 Å². The number of carbonyl (C=O) groups excluding carboxylic acids is 3. The van der Waals surface area contributed by atoms with E-state index in [1.807, 2.05) is 0 Å². The van der Waals surface area contributed by atoms with Gasteiger partial charge in [-0.1, -0.05) is 0 Å². The third-order valence-corrected chi connectivity index (χ3v) is 3.92. The van der Waals surface area contributed by atoms with Gasteiger partial charge >= 0.3 is 5.97 Å². The molecule has 142 valence electrons. The molecule has 0 fully saturated rings. The van der Waals surface area contributed by atoms with Crippen molar-refractivity contribution < 1.29 is 33.7 Å². The Bertz CT molecular complexity index is 928. The highest BCUT2D eigenvalue weighted by atomic mass is 16.6. The standard InChI is InChI=1S/C20H20O7/c1-10(21)13-6-15(19(24)17(8-13)25-4)16-7-14(11(2)22)9-18(26-5)20(16)27-12(3)23/h6-9,24H,1-5H3. The van der Waals surface area contributed by atoms with Crippen LogP contribution in [-0.2, 0) is 4.79 Å². The van der Waals surface area contributed by atoms with Crippen LogP contribution in [0.4, 0.5) is 0 Å². The first-order chi connectivity index (χ1) is 12.7. The number of benzene rings is 2. The van der Waals surface area contributed by atoms with Gasteiger partial charge < -0.3 is 19.3 Å². The van der Waals surface area contributed by atoms with Crippen molar-refractivity contribution in [2.75, 3.05) is 14.2 Å². The number of aromatic hydroxyl groups is 1. The second kappa shape index (κ2) is 7.90. The summed E-state index contributed by atoms with van der Waals surface area (Å²) in [4.78, 5) is 35.4. The van der Waals surface area contributed by atoms with Gasteiger partial charge in [-0.3, -0.25) is 14.4 Å². The smallest absolute Gasteiger partial charge is 0.308 e. The molecule has 0 aliphatic heterocycles. The van der Waals surface area contributed by atoms with Gasteiger partial charge in [-0.05, 0) is 38.1 Å². The van der Waals surface area contributed by atoms with Crippen molar-refractivity contribution in [1.82, 2.24) is 0 Å². The number of ether oxygens (including phenoxy) is 3. The number of ketones is 2. The molecule has 2 aromatic carbocycles. The summed E-state index contributed by atoms with van der Waals surface area (Å²) in [7, 11) is 2.71. The second-order valence-corrected chi connectivity index (χ2v) is 5.84. The van der Waals surface area contributed by atoms with E-state index in [1.165, 1.54) is 59.3 Å². The first-order valence-electron chi connectivity index (χ1n) is 8.03. The number of methoxy groups -OCH3 is 2. The summed E-state index contributed by atoms with van der Waals surface area (Å²) in [5.41, 5.74) is 0.941. The zero-order chi connectivity index (χ0) is 20.3. The highest BCUT2D eigenvalue weighted by Crippen LogP contribution is 2.46. The van der Waals surface area contributed by atoms with Crippen LogP contribution in [0.25, 0.3) is 11.1 Å². The fraction of sp³-hybridized carbons (Fsp3) is 0.250. The Labute approximate surface area is 156 Å². The van der Waals surface area contributed by atoms with Crippen molar-refractivity contribution in [1.29, 1.82) is 0 Å². The molecule has 0 aliphatic rings. The van der Waals surface area contributed by atoms with Gasteiger partial charge in [0.2, 0.25) is 0 Å². The predicted molar refractivity (Wildman–Crippen MR) is 98.0 cm³/mol. The number of carbonyl (C=O) groups is 3. The number of phenolic OH excluding ortho intramolecular Hbond substituents is 1. The maximum Gasteiger partial charge on any atom is 0.308 e. The molecule has 0 unspecified atom stereocenters. The fourth-order valence-corrected chi connectivity index (χ4v) is 2.58. The first-order valence-corrected chi connectivity index (χ1v) is 8.03. The van der Waals surface area contributed by atoms with E-state index >= 15 is 0 Å². The molecule has 0 radical (unpaired) electrons. The largest absolute Gasteiger partial charge is 0.504 e. The summed E-state index contributed by atoms with van der Waals surface area (Å²) in [6.45, 7) is 3.96. The van der Waals surface area contributed by atoms with Crippen molar-refractivity contribution in [3.8, 4) is 34.1 Å². The molecule has 0 amide bonds. The Morgan fingerprint density at radius 2 is 1.26 bits per heavy atom. The van der Waals surface area contributed by atoms with Gasteiger partial charge in [0.15, 0.2) is 34.6 Å². The minimum absolute atomic E-state index is 0.0213. The number of Topliss-reactive ketones (excluding diaryl/α,β-unsaturated/α-hetero) is 2. The number of phenols is 1. The molecule has 1 N–H and O–H groups in total. The molecule has 27 heavy (non-hydrogen) atoms. The van der Waals surface area contributed by atoms with Crippen molar-refractivity contribution in [3.63, 3.8) is 0 Å². The first kappa shape index (κ1) is 20.0. The van der Waals surface area contributed by atoms with E-state index in [-0.39, 0.29) is 56.8 Å². The van der Waals surface area contributed by atoms with Crippen molar-refractivity contribution >= 4 is 17.5 Å². The van der Waals surface area contributed by atoms with E-state index in [0.717, 1.165) is 0 Å². The summed E-state index contributed by atoms with van der Waals surface area (Å²) in [6, 6.07) is 5.74. The lowest BCUT2D eigenvalue weighted by atomic mass is 9.96. The van der Waals surface area contributed by atoms with Gasteiger partial charge in [0.05, 0.1) is 14.2 Å². The molecule has 0 bridgehead atoms. The summed E-state index contributed by atoms with van der Waals surface area (Å²) < 4.78 is 15.7. The van der Waals surface area contributed by atoms with Crippen LogP contribution in [0.5, 0.6) is 23.0 Å². The third kappa shape index (κ3) is 4.08. The lowest BCUT2D eigenvalue weighted by Crippen LogP contribution is -2.07. The Morgan fingerprint density at radius 1 is 0.778 bits per heavy atom. The lowest BCUT2D eigenvalue weighted by Gasteiger charge is -2.17. The Balaban J connectivity index is 2.92. The maximum absolute atomic E-state index is 11.9. The van der Waals surface area contributed by atoms with E-state index in [9.17, 15) is 19.5 Å². The van der Waals surface area contributed by atoms with Crippen LogP contribution in [0, 0.1) is 0 Å². The Morgan fingerprint density at radius 3 is 1.70 bits per heavy atom. The number of rotatable bonds is 6. The van der Waals surface area contributed by atoms with E-state index in [1.54, 1.807) is 0 Å². The molecule has 0 saturated heterocycles. The number of hydrogen-bond acceptors (Lipinski definition) is 7. The van der Waals surface area contributed by atoms with Gasteiger partial charge in [0, 0.05) is 29.2 Å². The zero-order valence-electron chi connectivity index (χ0n) is 15.7. The quantitative estimate of drug-likeness (QED) is 0.471. The molecule has 0 spiro atoms. The lowest BCUT2D eigenvalue weighted by molar-refractivity contribution is -0.131. The molecule has 7 nitrogen and oxygen atoms in total. The molecule has 0 atom stereocenters. The molecule has 0 saturated carbocycles. The summed E-state index contributed by atoms with van der Waals surface area (Å²) in [6.07, 6.45) is 0. The molecule has 7 heteroatoms. The summed E-state index contributed by atoms with van der Waals surface area (Å²) in [5.74, 6) is -1.15. The topological polar surface area (TPSA) is 99.1 Å². The van der Waals surface area contributed by atoms with Crippen LogP contribution in [0.15, 0.2) is 24.3 Å². The third-order valence-electron chi connectivity index (χ3n) is 3.92. The van der Waals surface area contributed by atoms with E-state index in [2.05, 4.69) is 0 Å². The van der Waals surface area contributed by atoms with Crippen LogP contribution in [0.3, 0.4) is 0 Å². The molecule has 0 heterocycles. The van der Waals surface area contributed by atoms with Crippen molar-refractivity contribution in [2.45, 2.75) is 20.8 Å². The van der Waals surface area contributed by atoms with Crippen LogP contribution >= 0.6 is 0 Å². The van der Waals surface area contributed by atoms with Crippen LogP contribution in [0.1, 0.15) is 41.5 Å². The molecule has 2 aromatic rings. The highest BCUT2D eigenvalue weighted by molar-refractivity contribution is 6.00. The van der Waals surface area contributed by atoms with Crippen molar-refractivity contribution in [3.05, 3.63) is 35.4 Å². The van der Waals surface area contributed by atoms with Gasteiger partial charge in [-0.15, -0.1) is 0 Å². The molecule has 0 aliphatic carbocycles. The van der Waals surface area contributed by atoms with Crippen LogP contribution in [0.2, 0.25) is 0 Å². The fourth-order valence-electron chi connectivity index (χ4n) is 2.58. The van der Waals surface area contributed by atoms with Gasteiger partial charge in [-0.2, -0.15) is 0 Å². The predicted octanol–water partition coefficient (Wildman–Crippen LogP) is 3.41. The Hall–Kier alpha value is -3.35. The minimum atomic E-state index is -0.612. The van der Waals surface area contributed by atoms with Gasteiger partial charge in [-0.25, -0.2) is 0 Å². The minimum Gasteiger partial charge on any atom is -0.504 e. The van der Waals surface area contributed by atoms with Crippen LogP contribution < -0.4 is 14.2 Å². The maximum atomic E-state index is 11.9. The molecular formula is C20H20O7. The van der Waals surface area contributed by atoms with Gasteiger partial charge in [0.1, 0.15) is 0 Å². The zero-order valence-corrected chi connectivity index (χ0v) is 15.7. The molecule has 0 aromatic heterocycles. The normalized spacial score (nSPS) is 10.3. The Kier molecular flexibility index (Phi) is 5.85. The van der Waals surface area contributed by atoms with E-state index in [0.29, 0.717) is 0 Å². The summed E-state index contributed by atoms with van der Waals surface area (Å²) in [5, 5.41) is 10.6. The highest BCUT2D eigenvalue weighted by Gasteiger charge is 2.23. The molecule has 2 rings (SSSR count). The number of esters is 1. The van der Waals surface area contributed by atoms with Crippen LogP contribution in [-0.4, -0.2) is 36.9 Å². The summed E-state index contributed by atoms with van der Waals surface area (Å²) >= 11 is 0. The van der Waals surface area contributed by atoms with Crippen molar-refractivity contribution in [2.24, 2.45) is 0 Å². The average Bonchev–Trinajstić information content (AvgIpc) is 2.61.